The van der Waals surface area contributed by atoms with Gasteiger partial charge >= 0.3 is 0 Å². The van der Waals surface area contributed by atoms with Gasteiger partial charge in [-0.25, -0.2) is 0 Å². The van der Waals surface area contributed by atoms with Gasteiger partial charge in [0, 0.05) is 29.9 Å². The molecule has 1 aliphatic heterocycles. The minimum atomic E-state index is 0.117. The quantitative estimate of drug-likeness (QED) is 0.748. The van der Waals surface area contributed by atoms with Gasteiger partial charge in [-0.3, -0.25) is 4.79 Å². The van der Waals surface area contributed by atoms with Crippen molar-refractivity contribution in [3.8, 4) is 0 Å². The summed E-state index contributed by atoms with van der Waals surface area (Å²) in [5.74, 6) is 0.607. The summed E-state index contributed by atoms with van der Waals surface area (Å²) in [6.07, 6.45) is 0. The van der Waals surface area contributed by atoms with Crippen LogP contribution in [0.1, 0.15) is 29.8 Å². The van der Waals surface area contributed by atoms with E-state index < -0.39 is 0 Å². The lowest BCUT2D eigenvalue weighted by atomic mass is 10.1. The van der Waals surface area contributed by atoms with Gasteiger partial charge in [0.1, 0.15) is 0 Å². The predicted octanol–water partition coefficient (Wildman–Crippen LogP) is 1.88. The number of amides is 1. The Bertz CT molecular complexity index is 399. The van der Waals surface area contributed by atoms with E-state index in [1.54, 1.807) is 0 Å². The third-order valence-corrected chi connectivity index (χ3v) is 2.66. The number of nitrogens with zero attached hydrogens (tertiary/aromatic N) is 1. The summed E-state index contributed by atoms with van der Waals surface area (Å²) in [6, 6.07) is 5.55. The molecule has 0 aromatic heterocycles. The molecule has 15 heavy (non-hydrogen) atoms. The van der Waals surface area contributed by atoms with E-state index in [1.807, 2.05) is 23.1 Å². The molecule has 0 saturated carbocycles. The first-order valence-electron chi connectivity index (χ1n) is 5.26. The summed E-state index contributed by atoms with van der Waals surface area (Å²) < 4.78 is 0. The molecule has 1 aliphatic rings. The first-order chi connectivity index (χ1) is 7.09. The number of hydrogen-bond acceptors (Lipinski definition) is 2. The van der Waals surface area contributed by atoms with Gasteiger partial charge < -0.3 is 10.6 Å². The smallest absolute Gasteiger partial charge is 0.254 e. The molecule has 0 radical (unpaired) electrons. The summed E-state index contributed by atoms with van der Waals surface area (Å²) in [5, 5.41) is 0. The van der Waals surface area contributed by atoms with E-state index in [1.165, 1.54) is 0 Å². The van der Waals surface area contributed by atoms with Gasteiger partial charge in [-0.15, -0.1) is 0 Å². The number of carbonyl (C=O) groups is 1. The number of carbonyl (C=O) groups excluding carboxylic acids is 1. The van der Waals surface area contributed by atoms with Crippen molar-refractivity contribution in [3.63, 3.8) is 0 Å². The van der Waals surface area contributed by atoms with E-state index in [0.717, 1.165) is 23.4 Å². The zero-order valence-corrected chi connectivity index (χ0v) is 9.16. The van der Waals surface area contributed by atoms with Gasteiger partial charge in [0.2, 0.25) is 0 Å². The van der Waals surface area contributed by atoms with Crippen LogP contribution in [0, 0.1) is 5.92 Å². The lowest BCUT2D eigenvalue weighted by Gasteiger charge is -2.17. The van der Waals surface area contributed by atoms with E-state index in [-0.39, 0.29) is 5.91 Å². The SMILES string of the molecule is CC(C)CN1Cc2c(N)cccc2C1=O. The highest BCUT2D eigenvalue weighted by Crippen LogP contribution is 2.27. The van der Waals surface area contributed by atoms with Gasteiger partial charge in [0.05, 0.1) is 0 Å². The highest BCUT2D eigenvalue weighted by atomic mass is 16.2. The zero-order valence-electron chi connectivity index (χ0n) is 9.16. The Morgan fingerprint density at radius 3 is 2.80 bits per heavy atom. The Hall–Kier alpha value is -1.51. The van der Waals surface area contributed by atoms with Crippen LogP contribution in [0.2, 0.25) is 0 Å². The van der Waals surface area contributed by atoms with Crippen molar-refractivity contribution in [2.75, 3.05) is 12.3 Å². The molecular weight excluding hydrogens is 188 g/mol. The maximum atomic E-state index is 12.0. The molecule has 3 nitrogen and oxygen atoms in total. The van der Waals surface area contributed by atoms with Crippen molar-refractivity contribution in [1.29, 1.82) is 0 Å². The average molecular weight is 204 g/mol. The molecule has 0 spiro atoms. The second-order valence-corrected chi connectivity index (χ2v) is 4.45. The molecule has 1 amide bonds. The monoisotopic (exact) mass is 204 g/mol. The van der Waals surface area contributed by atoms with Gasteiger partial charge in [0.15, 0.2) is 0 Å². The molecule has 0 unspecified atom stereocenters. The van der Waals surface area contributed by atoms with Crippen LogP contribution in [-0.2, 0) is 6.54 Å². The second kappa shape index (κ2) is 3.57. The number of nitrogen functional groups attached to an aromatic ring is 1. The molecule has 2 N–H and O–H groups in total. The van der Waals surface area contributed by atoms with Crippen LogP contribution in [-0.4, -0.2) is 17.4 Å². The standard InChI is InChI=1S/C12H16N2O/c1-8(2)6-14-7-10-9(12(14)15)4-3-5-11(10)13/h3-5,8H,6-7,13H2,1-2H3. The first-order valence-corrected chi connectivity index (χ1v) is 5.26. The number of benzene rings is 1. The lowest BCUT2D eigenvalue weighted by molar-refractivity contribution is 0.0760. The Morgan fingerprint density at radius 1 is 1.47 bits per heavy atom. The molecule has 0 bridgehead atoms. The molecule has 80 valence electrons. The number of rotatable bonds is 2. The fourth-order valence-corrected chi connectivity index (χ4v) is 2.00. The van der Waals surface area contributed by atoms with Crippen LogP contribution < -0.4 is 5.73 Å². The number of fused-ring (bicyclic) bond motifs is 1. The summed E-state index contributed by atoms with van der Waals surface area (Å²) in [7, 11) is 0. The average Bonchev–Trinajstić information content (AvgIpc) is 2.46. The molecular formula is C12H16N2O. The normalized spacial score (nSPS) is 14.9. The van der Waals surface area contributed by atoms with Crippen molar-refractivity contribution < 1.29 is 4.79 Å². The van der Waals surface area contributed by atoms with Crippen LogP contribution in [0.4, 0.5) is 5.69 Å². The van der Waals surface area contributed by atoms with Crippen LogP contribution >= 0.6 is 0 Å². The van der Waals surface area contributed by atoms with Crippen LogP contribution in [0.25, 0.3) is 0 Å². The molecule has 0 aliphatic carbocycles. The van der Waals surface area contributed by atoms with Gasteiger partial charge in [-0.2, -0.15) is 0 Å². The van der Waals surface area contributed by atoms with Crippen molar-refractivity contribution in [2.45, 2.75) is 20.4 Å². The number of anilines is 1. The molecule has 0 atom stereocenters. The Kier molecular flexibility index (Phi) is 2.39. The molecule has 1 heterocycles. The summed E-state index contributed by atoms with van der Waals surface area (Å²) in [5.41, 5.74) is 8.34. The highest BCUT2D eigenvalue weighted by Gasteiger charge is 2.28. The first kappa shape index (κ1) is 10.0. The van der Waals surface area contributed by atoms with E-state index in [0.29, 0.717) is 12.5 Å². The third-order valence-electron chi connectivity index (χ3n) is 2.66. The molecule has 1 aromatic carbocycles. The van der Waals surface area contributed by atoms with Crippen LogP contribution in [0.5, 0.6) is 0 Å². The molecule has 0 fully saturated rings. The second-order valence-electron chi connectivity index (χ2n) is 4.45. The van der Waals surface area contributed by atoms with E-state index in [2.05, 4.69) is 13.8 Å². The van der Waals surface area contributed by atoms with Crippen LogP contribution in [0.15, 0.2) is 18.2 Å². The summed E-state index contributed by atoms with van der Waals surface area (Å²) in [6.45, 7) is 5.69. The molecule has 2 rings (SSSR count). The van der Waals surface area contributed by atoms with Gasteiger partial charge in [0.25, 0.3) is 5.91 Å². The lowest BCUT2D eigenvalue weighted by Crippen LogP contribution is -2.27. The minimum absolute atomic E-state index is 0.117. The van der Waals surface area contributed by atoms with E-state index >= 15 is 0 Å². The van der Waals surface area contributed by atoms with E-state index in [9.17, 15) is 4.79 Å². The van der Waals surface area contributed by atoms with E-state index in [4.69, 9.17) is 5.73 Å². The van der Waals surface area contributed by atoms with Crippen molar-refractivity contribution in [3.05, 3.63) is 29.3 Å². The maximum Gasteiger partial charge on any atom is 0.254 e. The Labute approximate surface area is 89.9 Å². The highest BCUT2D eigenvalue weighted by molar-refractivity contribution is 5.99. The molecule has 1 aromatic rings. The van der Waals surface area contributed by atoms with Crippen molar-refractivity contribution >= 4 is 11.6 Å². The molecule has 3 heteroatoms. The third kappa shape index (κ3) is 1.69. The Balaban J connectivity index is 2.29. The maximum absolute atomic E-state index is 12.0. The van der Waals surface area contributed by atoms with Crippen molar-refractivity contribution in [1.82, 2.24) is 4.90 Å². The predicted molar refractivity (Wildman–Crippen MR) is 60.4 cm³/mol. The fraction of sp³-hybridized carbons (Fsp3) is 0.417. The van der Waals surface area contributed by atoms with Crippen LogP contribution in [0.3, 0.4) is 0 Å². The zero-order chi connectivity index (χ0) is 11.0. The number of hydrogen-bond donors (Lipinski definition) is 1. The minimum Gasteiger partial charge on any atom is -0.398 e. The largest absolute Gasteiger partial charge is 0.398 e. The summed E-state index contributed by atoms with van der Waals surface area (Å²) >= 11 is 0. The Morgan fingerprint density at radius 2 is 2.20 bits per heavy atom. The van der Waals surface area contributed by atoms with Crippen molar-refractivity contribution in [2.24, 2.45) is 5.92 Å². The topological polar surface area (TPSA) is 46.3 Å². The fourth-order valence-electron chi connectivity index (χ4n) is 2.00. The summed E-state index contributed by atoms with van der Waals surface area (Å²) in [4.78, 5) is 13.8. The number of nitrogens with two attached hydrogens (primary N) is 1. The van der Waals surface area contributed by atoms with Gasteiger partial charge in [-0.05, 0) is 18.1 Å². The van der Waals surface area contributed by atoms with Gasteiger partial charge in [-0.1, -0.05) is 19.9 Å². The molecule has 0 saturated heterocycles.